The zero-order chi connectivity index (χ0) is 22.8. The van der Waals surface area contributed by atoms with E-state index in [4.69, 9.17) is 18.9 Å². The predicted octanol–water partition coefficient (Wildman–Crippen LogP) is 3.76. The molecule has 0 aromatic heterocycles. The summed E-state index contributed by atoms with van der Waals surface area (Å²) < 4.78 is 21.7. The van der Waals surface area contributed by atoms with Gasteiger partial charge in [-0.25, -0.2) is 4.79 Å². The molecule has 2 fully saturated rings. The van der Waals surface area contributed by atoms with Gasteiger partial charge in [-0.15, -0.1) is 0 Å². The number of nitrogens with one attached hydrogen (secondary N) is 1. The van der Waals surface area contributed by atoms with E-state index in [-0.39, 0.29) is 30.1 Å². The molecule has 2 aliphatic rings. The Labute approximate surface area is 184 Å². The van der Waals surface area contributed by atoms with Crippen molar-refractivity contribution in [3.8, 4) is 17.2 Å². The van der Waals surface area contributed by atoms with Crippen molar-refractivity contribution in [1.29, 1.82) is 0 Å². The highest BCUT2D eigenvalue weighted by Crippen LogP contribution is 2.39. The van der Waals surface area contributed by atoms with Crippen molar-refractivity contribution in [1.82, 2.24) is 10.2 Å². The molecular weight excluding hydrogens is 400 g/mol. The molecule has 2 saturated heterocycles. The normalized spacial score (nSPS) is 23.0. The van der Waals surface area contributed by atoms with E-state index < -0.39 is 5.60 Å². The Morgan fingerprint density at radius 2 is 1.52 bits per heavy atom. The van der Waals surface area contributed by atoms with E-state index in [0.29, 0.717) is 35.7 Å². The van der Waals surface area contributed by atoms with Crippen LogP contribution in [0.4, 0.5) is 4.79 Å². The molecule has 31 heavy (non-hydrogen) atoms. The molecule has 2 aliphatic heterocycles. The van der Waals surface area contributed by atoms with Crippen molar-refractivity contribution in [3.05, 3.63) is 17.7 Å². The zero-order valence-electron chi connectivity index (χ0n) is 19.3. The molecule has 8 nitrogen and oxygen atoms in total. The number of hydrogen-bond donors (Lipinski definition) is 1. The van der Waals surface area contributed by atoms with Crippen LogP contribution in [0.2, 0.25) is 0 Å². The molecular formula is C23H34N2O6. The first kappa shape index (κ1) is 23.0. The summed E-state index contributed by atoms with van der Waals surface area (Å²) in [6, 6.07) is 3.43. The van der Waals surface area contributed by atoms with Crippen LogP contribution >= 0.6 is 0 Å². The molecule has 2 unspecified atom stereocenters. The van der Waals surface area contributed by atoms with Crippen LogP contribution in [-0.4, -0.2) is 62.0 Å². The number of fused-ring (bicyclic) bond motifs is 2. The maximum atomic E-state index is 13.0. The van der Waals surface area contributed by atoms with Gasteiger partial charge in [-0.2, -0.15) is 0 Å². The highest BCUT2D eigenvalue weighted by atomic mass is 16.6. The molecule has 0 saturated carbocycles. The van der Waals surface area contributed by atoms with Crippen molar-refractivity contribution in [3.63, 3.8) is 0 Å². The number of carbonyl (C=O) groups is 2. The van der Waals surface area contributed by atoms with Crippen LogP contribution in [0, 0.1) is 0 Å². The third-order valence-corrected chi connectivity index (χ3v) is 5.84. The number of benzene rings is 1. The van der Waals surface area contributed by atoms with E-state index >= 15 is 0 Å². The van der Waals surface area contributed by atoms with Gasteiger partial charge < -0.3 is 29.2 Å². The standard InChI is InChI=1S/C23H34N2O6/c1-23(2,3)31-22(27)25-16-8-7-9-17(25)13-15(12-16)24-21(26)14-10-18(28-4)20(30-6)19(11-14)29-5/h10-11,15-17H,7-9,12-13H2,1-6H3,(H,24,26). The van der Waals surface area contributed by atoms with Gasteiger partial charge in [0.2, 0.25) is 5.75 Å². The Hall–Kier alpha value is -2.64. The minimum atomic E-state index is -0.525. The highest BCUT2D eigenvalue weighted by Gasteiger charge is 2.43. The van der Waals surface area contributed by atoms with Crippen LogP contribution in [0.5, 0.6) is 17.2 Å². The van der Waals surface area contributed by atoms with E-state index in [2.05, 4.69) is 5.32 Å². The summed E-state index contributed by atoms with van der Waals surface area (Å²) >= 11 is 0. The lowest BCUT2D eigenvalue weighted by Gasteiger charge is -2.48. The SMILES string of the molecule is COc1cc(C(=O)NC2CC3CCCC(C2)N3C(=O)OC(C)(C)C)cc(OC)c1OC. The molecule has 2 amide bonds. The Kier molecular flexibility index (Phi) is 6.86. The smallest absolute Gasteiger partial charge is 0.410 e. The minimum Gasteiger partial charge on any atom is -0.493 e. The molecule has 2 heterocycles. The molecule has 0 radical (unpaired) electrons. The molecule has 1 aromatic rings. The van der Waals surface area contributed by atoms with E-state index in [0.717, 1.165) is 19.3 Å². The molecule has 1 N–H and O–H groups in total. The van der Waals surface area contributed by atoms with E-state index in [9.17, 15) is 9.59 Å². The second-order valence-corrected chi connectivity index (χ2v) is 9.18. The summed E-state index contributed by atoms with van der Waals surface area (Å²) in [6.07, 6.45) is 4.11. The van der Waals surface area contributed by atoms with Gasteiger partial charge in [0, 0.05) is 23.7 Å². The quantitative estimate of drug-likeness (QED) is 0.759. The van der Waals surface area contributed by atoms with Gasteiger partial charge in [-0.3, -0.25) is 4.79 Å². The van der Waals surface area contributed by atoms with E-state index in [1.165, 1.54) is 21.3 Å². The van der Waals surface area contributed by atoms with Gasteiger partial charge in [0.1, 0.15) is 5.60 Å². The second-order valence-electron chi connectivity index (χ2n) is 9.18. The summed E-state index contributed by atoms with van der Waals surface area (Å²) in [5.41, 5.74) is -0.0858. The first-order valence-corrected chi connectivity index (χ1v) is 10.8. The molecule has 8 heteroatoms. The molecule has 0 spiro atoms. The van der Waals surface area contributed by atoms with Gasteiger partial charge in [0.15, 0.2) is 11.5 Å². The predicted molar refractivity (Wildman–Crippen MR) is 116 cm³/mol. The molecule has 3 rings (SSSR count). The van der Waals surface area contributed by atoms with Crippen LogP contribution < -0.4 is 19.5 Å². The van der Waals surface area contributed by atoms with Crippen LogP contribution in [0.3, 0.4) is 0 Å². The topological polar surface area (TPSA) is 86.3 Å². The number of amides is 2. The van der Waals surface area contributed by atoms with Crippen molar-refractivity contribution >= 4 is 12.0 Å². The lowest BCUT2D eigenvalue weighted by atomic mass is 9.82. The number of piperidine rings is 2. The van der Waals surface area contributed by atoms with Gasteiger partial charge in [0.05, 0.1) is 21.3 Å². The first-order chi connectivity index (χ1) is 14.7. The van der Waals surface area contributed by atoms with Crippen LogP contribution in [0.15, 0.2) is 12.1 Å². The minimum absolute atomic E-state index is 0.0134. The fourth-order valence-corrected chi connectivity index (χ4v) is 4.59. The van der Waals surface area contributed by atoms with Crippen LogP contribution in [0.25, 0.3) is 0 Å². The Morgan fingerprint density at radius 1 is 0.968 bits per heavy atom. The Bertz CT molecular complexity index is 780. The summed E-state index contributed by atoms with van der Waals surface area (Å²) in [5.74, 6) is 1.11. The lowest BCUT2D eigenvalue weighted by Crippen LogP contribution is -2.59. The van der Waals surface area contributed by atoms with Crippen LogP contribution in [0.1, 0.15) is 63.2 Å². The van der Waals surface area contributed by atoms with Crippen LogP contribution in [-0.2, 0) is 4.74 Å². The molecule has 172 valence electrons. The molecule has 2 atom stereocenters. The molecule has 1 aromatic carbocycles. The average Bonchev–Trinajstić information content (AvgIpc) is 2.70. The number of carbonyl (C=O) groups excluding carboxylic acids is 2. The van der Waals surface area contributed by atoms with Gasteiger partial charge in [-0.05, 0) is 65.0 Å². The van der Waals surface area contributed by atoms with Gasteiger partial charge >= 0.3 is 6.09 Å². The fourth-order valence-electron chi connectivity index (χ4n) is 4.59. The number of rotatable bonds is 5. The Morgan fingerprint density at radius 3 is 1.97 bits per heavy atom. The number of hydrogen-bond acceptors (Lipinski definition) is 6. The molecule has 2 bridgehead atoms. The van der Waals surface area contributed by atoms with Gasteiger partial charge in [-0.1, -0.05) is 0 Å². The van der Waals surface area contributed by atoms with Crippen molar-refractivity contribution in [2.75, 3.05) is 21.3 Å². The fraction of sp³-hybridized carbons (Fsp3) is 0.652. The summed E-state index contributed by atoms with van der Waals surface area (Å²) in [7, 11) is 4.57. The number of ether oxygens (including phenoxy) is 4. The summed E-state index contributed by atoms with van der Waals surface area (Å²) in [6.45, 7) is 5.64. The highest BCUT2D eigenvalue weighted by molar-refractivity contribution is 5.95. The zero-order valence-corrected chi connectivity index (χ0v) is 19.3. The van der Waals surface area contributed by atoms with Crippen molar-refractivity contribution < 1.29 is 28.5 Å². The monoisotopic (exact) mass is 434 g/mol. The van der Waals surface area contributed by atoms with Crippen molar-refractivity contribution in [2.45, 2.75) is 76.6 Å². The Balaban J connectivity index is 1.72. The largest absolute Gasteiger partial charge is 0.493 e. The maximum Gasteiger partial charge on any atom is 0.410 e. The lowest BCUT2D eigenvalue weighted by molar-refractivity contribution is -0.0229. The first-order valence-electron chi connectivity index (χ1n) is 10.8. The van der Waals surface area contributed by atoms with Gasteiger partial charge in [0.25, 0.3) is 5.91 Å². The third kappa shape index (κ3) is 5.17. The third-order valence-electron chi connectivity index (χ3n) is 5.84. The maximum absolute atomic E-state index is 13.0. The van der Waals surface area contributed by atoms with E-state index in [1.807, 2.05) is 25.7 Å². The van der Waals surface area contributed by atoms with Crippen molar-refractivity contribution in [2.24, 2.45) is 0 Å². The average molecular weight is 435 g/mol. The van der Waals surface area contributed by atoms with E-state index in [1.54, 1.807) is 12.1 Å². The number of nitrogens with zero attached hydrogens (tertiary/aromatic N) is 1. The number of methoxy groups -OCH3 is 3. The summed E-state index contributed by atoms with van der Waals surface area (Å²) in [5, 5.41) is 3.14. The second kappa shape index (κ2) is 9.24. The summed E-state index contributed by atoms with van der Waals surface area (Å²) in [4.78, 5) is 27.7. The molecule has 0 aliphatic carbocycles.